The van der Waals surface area contributed by atoms with Gasteiger partial charge < -0.3 is 5.11 Å². The number of carboxylic acid groups (broad SMARTS) is 1. The van der Waals surface area contributed by atoms with Gasteiger partial charge in [0.05, 0.1) is 22.0 Å². The van der Waals surface area contributed by atoms with Gasteiger partial charge >= 0.3 is 5.97 Å². The van der Waals surface area contributed by atoms with Gasteiger partial charge in [0.2, 0.25) is 10.0 Å². The molecule has 2 aromatic rings. The van der Waals surface area contributed by atoms with E-state index < -0.39 is 27.9 Å². The lowest BCUT2D eigenvalue weighted by Gasteiger charge is -2.29. The van der Waals surface area contributed by atoms with E-state index in [0.717, 1.165) is 22.7 Å². The first-order valence-electron chi connectivity index (χ1n) is 7.02. The van der Waals surface area contributed by atoms with Crippen molar-refractivity contribution in [1.82, 2.24) is 0 Å². The summed E-state index contributed by atoms with van der Waals surface area (Å²) in [5.74, 6) is -1.94. The minimum absolute atomic E-state index is 0.0365. The molecule has 0 amide bonds. The van der Waals surface area contributed by atoms with Crippen LogP contribution in [0, 0.1) is 5.82 Å². The number of sulfonamides is 1. The fourth-order valence-electron chi connectivity index (χ4n) is 2.38. The largest absolute Gasteiger partial charge is 0.480 e. The zero-order chi connectivity index (χ0) is 18.8. The Balaban J connectivity index is 2.52. The van der Waals surface area contributed by atoms with Crippen molar-refractivity contribution in [2.24, 2.45) is 0 Å². The number of benzene rings is 2. The molecule has 134 valence electrons. The molecule has 0 aliphatic carbocycles. The summed E-state index contributed by atoms with van der Waals surface area (Å²) in [7, 11) is -3.96. The second kappa shape index (κ2) is 7.59. The van der Waals surface area contributed by atoms with Gasteiger partial charge in [0.1, 0.15) is 11.9 Å². The first-order valence-corrected chi connectivity index (χ1v) is 9.62. The van der Waals surface area contributed by atoms with Crippen molar-refractivity contribution >= 4 is 44.9 Å². The SMILES string of the molecule is CS(=O)(=O)N(c1ccc(F)cc1)[C@H](Cc1cccc(Cl)c1Cl)C(=O)O. The molecule has 1 N–H and O–H groups in total. The molecule has 0 unspecified atom stereocenters. The highest BCUT2D eigenvalue weighted by molar-refractivity contribution is 7.92. The second-order valence-electron chi connectivity index (χ2n) is 5.31. The Morgan fingerprint density at radius 2 is 1.80 bits per heavy atom. The summed E-state index contributed by atoms with van der Waals surface area (Å²) in [6.07, 6.45) is 0.672. The van der Waals surface area contributed by atoms with Gasteiger partial charge in [0, 0.05) is 6.42 Å². The van der Waals surface area contributed by atoms with Crippen LogP contribution in [0.4, 0.5) is 10.1 Å². The smallest absolute Gasteiger partial charge is 0.327 e. The van der Waals surface area contributed by atoms with Gasteiger partial charge in [-0.1, -0.05) is 35.3 Å². The number of nitrogens with zero attached hydrogens (tertiary/aromatic N) is 1. The molecule has 0 spiro atoms. The zero-order valence-electron chi connectivity index (χ0n) is 13.0. The van der Waals surface area contributed by atoms with Crippen LogP contribution in [0.25, 0.3) is 0 Å². The molecule has 0 aliphatic heterocycles. The Hall–Kier alpha value is -1.83. The van der Waals surface area contributed by atoms with Crippen LogP contribution in [0.3, 0.4) is 0 Å². The van der Waals surface area contributed by atoms with Crippen LogP contribution >= 0.6 is 23.2 Å². The van der Waals surface area contributed by atoms with E-state index in [-0.39, 0.29) is 22.2 Å². The van der Waals surface area contributed by atoms with E-state index in [1.165, 1.54) is 18.2 Å². The van der Waals surface area contributed by atoms with E-state index >= 15 is 0 Å². The van der Waals surface area contributed by atoms with Gasteiger partial charge in [-0.15, -0.1) is 0 Å². The normalized spacial score (nSPS) is 12.6. The number of carbonyl (C=O) groups is 1. The van der Waals surface area contributed by atoms with E-state index in [1.54, 1.807) is 12.1 Å². The number of aliphatic carboxylic acids is 1. The third-order valence-electron chi connectivity index (χ3n) is 3.45. The first-order chi connectivity index (χ1) is 11.6. The summed E-state index contributed by atoms with van der Waals surface area (Å²) in [5.41, 5.74) is 0.423. The van der Waals surface area contributed by atoms with Crippen molar-refractivity contribution in [2.75, 3.05) is 10.6 Å². The molecule has 9 heteroatoms. The third kappa shape index (κ3) is 4.62. The Labute approximate surface area is 154 Å². The molecule has 0 heterocycles. The van der Waals surface area contributed by atoms with E-state index in [4.69, 9.17) is 23.2 Å². The van der Waals surface area contributed by atoms with Crippen molar-refractivity contribution in [3.63, 3.8) is 0 Å². The molecule has 0 radical (unpaired) electrons. The fraction of sp³-hybridized carbons (Fsp3) is 0.188. The van der Waals surface area contributed by atoms with Gasteiger partial charge in [-0.2, -0.15) is 0 Å². The van der Waals surface area contributed by atoms with Crippen LogP contribution in [0.2, 0.25) is 10.0 Å². The van der Waals surface area contributed by atoms with Crippen LogP contribution in [0.5, 0.6) is 0 Å². The number of carboxylic acids is 1. The summed E-state index contributed by atoms with van der Waals surface area (Å²) in [6, 6.07) is 7.73. The monoisotopic (exact) mass is 405 g/mol. The summed E-state index contributed by atoms with van der Waals surface area (Å²) in [6.45, 7) is 0. The predicted molar refractivity (Wildman–Crippen MR) is 95.3 cm³/mol. The summed E-state index contributed by atoms with van der Waals surface area (Å²) in [5, 5.41) is 9.98. The molecule has 2 rings (SSSR count). The van der Waals surface area contributed by atoms with Crippen molar-refractivity contribution in [2.45, 2.75) is 12.5 Å². The molecule has 0 bridgehead atoms. The average Bonchev–Trinajstić information content (AvgIpc) is 2.51. The third-order valence-corrected chi connectivity index (χ3v) is 5.49. The minimum Gasteiger partial charge on any atom is -0.480 e. The first kappa shape index (κ1) is 19.5. The lowest BCUT2D eigenvalue weighted by Crippen LogP contribution is -2.46. The average molecular weight is 406 g/mol. The molecule has 25 heavy (non-hydrogen) atoms. The Bertz CT molecular complexity index is 888. The molecule has 0 saturated carbocycles. The van der Waals surface area contributed by atoms with Crippen molar-refractivity contribution in [1.29, 1.82) is 0 Å². The van der Waals surface area contributed by atoms with Crippen molar-refractivity contribution < 1.29 is 22.7 Å². The van der Waals surface area contributed by atoms with E-state index in [0.29, 0.717) is 5.56 Å². The molecule has 0 fully saturated rings. The number of halogens is 3. The Morgan fingerprint density at radius 1 is 1.20 bits per heavy atom. The van der Waals surface area contributed by atoms with Gasteiger partial charge in [-0.05, 0) is 35.9 Å². The molecule has 0 saturated heterocycles. The highest BCUT2D eigenvalue weighted by Crippen LogP contribution is 2.29. The highest BCUT2D eigenvalue weighted by atomic mass is 35.5. The number of rotatable bonds is 6. The second-order valence-corrected chi connectivity index (χ2v) is 7.95. The van der Waals surface area contributed by atoms with Crippen molar-refractivity contribution in [3.8, 4) is 0 Å². The maximum absolute atomic E-state index is 13.1. The lowest BCUT2D eigenvalue weighted by atomic mass is 10.1. The molecular weight excluding hydrogens is 392 g/mol. The highest BCUT2D eigenvalue weighted by Gasteiger charge is 2.33. The number of hydrogen-bond acceptors (Lipinski definition) is 3. The quantitative estimate of drug-likeness (QED) is 0.796. The van der Waals surface area contributed by atoms with Gasteiger partial charge in [0.15, 0.2) is 0 Å². The predicted octanol–water partition coefficient (Wildman–Crippen LogP) is 3.59. The van der Waals surface area contributed by atoms with E-state index in [1.807, 2.05) is 0 Å². The molecule has 2 aromatic carbocycles. The van der Waals surface area contributed by atoms with Gasteiger partial charge in [0.25, 0.3) is 0 Å². The Morgan fingerprint density at radius 3 is 2.32 bits per heavy atom. The Kier molecular flexibility index (Phi) is 5.92. The van der Waals surface area contributed by atoms with Crippen molar-refractivity contribution in [3.05, 3.63) is 63.9 Å². The summed E-state index contributed by atoms with van der Waals surface area (Å²) in [4.78, 5) is 11.8. The molecule has 0 aromatic heterocycles. The van der Waals surface area contributed by atoms with E-state index in [2.05, 4.69) is 0 Å². The van der Waals surface area contributed by atoms with Crippen LogP contribution in [-0.2, 0) is 21.2 Å². The summed E-state index contributed by atoms with van der Waals surface area (Å²) >= 11 is 12.0. The van der Waals surface area contributed by atoms with Crippen LogP contribution in [-0.4, -0.2) is 31.8 Å². The van der Waals surface area contributed by atoms with Gasteiger partial charge in [-0.25, -0.2) is 17.6 Å². The number of anilines is 1. The molecule has 0 aliphatic rings. The van der Waals surface area contributed by atoms with E-state index in [9.17, 15) is 22.7 Å². The van der Waals surface area contributed by atoms with Crippen LogP contribution < -0.4 is 4.31 Å². The van der Waals surface area contributed by atoms with Crippen LogP contribution in [0.15, 0.2) is 42.5 Å². The van der Waals surface area contributed by atoms with Crippen LogP contribution in [0.1, 0.15) is 5.56 Å². The lowest BCUT2D eigenvalue weighted by molar-refractivity contribution is -0.138. The molecule has 1 atom stereocenters. The minimum atomic E-state index is -3.96. The topological polar surface area (TPSA) is 74.7 Å². The molecule has 5 nitrogen and oxygen atoms in total. The fourth-order valence-corrected chi connectivity index (χ4v) is 3.90. The maximum atomic E-state index is 13.1. The maximum Gasteiger partial charge on any atom is 0.327 e. The standard InChI is InChI=1S/C16H14Cl2FNO4S/c1-25(23,24)20(12-7-5-11(19)6-8-12)14(16(21)22)9-10-3-2-4-13(17)15(10)18/h2-8,14H,9H2,1H3,(H,21,22)/t14-/m1/s1. The number of hydrogen-bond donors (Lipinski definition) is 1. The summed E-state index contributed by atoms with van der Waals surface area (Å²) < 4.78 is 38.3. The zero-order valence-corrected chi connectivity index (χ0v) is 15.3. The van der Waals surface area contributed by atoms with Gasteiger partial charge in [-0.3, -0.25) is 4.31 Å². The molecular formula is C16H14Cl2FNO4S.